The Morgan fingerprint density at radius 1 is 1.42 bits per heavy atom. The van der Waals surface area contributed by atoms with E-state index in [0.29, 0.717) is 5.82 Å². The molecule has 0 saturated heterocycles. The highest BCUT2D eigenvalue weighted by Gasteiger charge is 2.30. The number of benzene rings is 1. The molecule has 0 bridgehead atoms. The Hall–Kier alpha value is -2.67. The number of amides is 2. The third-order valence-corrected chi connectivity index (χ3v) is 4.13. The van der Waals surface area contributed by atoms with Crippen LogP contribution in [0.25, 0.3) is 0 Å². The Labute approximate surface area is 140 Å². The highest BCUT2D eigenvalue weighted by atomic mass is 16.5. The molecular formula is C17H20N4O3. The first-order chi connectivity index (χ1) is 11.7. The first kappa shape index (κ1) is 16.2. The van der Waals surface area contributed by atoms with E-state index in [-0.39, 0.29) is 31.2 Å². The zero-order chi connectivity index (χ0) is 16.9. The number of urea groups is 1. The first-order valence-electron chi connectivity index (χ1n) is 7.86. The number of nitrogens with zero attached hydrogens (tertiary/aromatic N) is 3. The van der Waals surface area contributed by atoms with E-state index in [0.717, 1.165) is 18.4 Å². The number of ether oxygens (including phenoxy) is 1. The van der Waals surface area contributed by atoms with Crippen LogP contribution in [0.15, 0.2) is 36.5 Å². The molecule has 2 amide bonds. The van der Waals surface area contributed by atoms with Crippen LogP contribution < -0.4 is 10.1 Å². The average Bonchev–Trinajstić information content (AvgIpc) is 3.03. The van der Waals surface area contributed by atoms with Crippen molar-refractivity contribution in [2.45, 2.75) is 18.9 Å². The van der Waals surface area contributed by atoms with Crippen molar-refractivity contribution in [2.24, 2.45) is 0 Å². The molecule has 1 aromatic carbocycles. The number of methoxy groups -OCH3 is 1. The molecule has 2 aromatic rings. The third kappa shape index (κ3) is 3.30. The zero-order valence-corrected chi connectivity index (χ0v) is 13.5. The lowest BCUT2D eigenvalue weighted by atomic mass is 10.1. The number of carbonyl (C=O) groups is 1. The number of nitrogens with one attached hydrogen (secondary N) is 1. The second kappa shape index (κ2) is 7.27. The quantitative estimate of drug-likeness (QED) is 0.876. The number of aliphatic hydroxyl groups is 1. The van der Waals surface area contributed by atoms with Gasteiger partial charge in [-0.1, -0.05) is 24.3 Å². The summed E-state index contributed by atoms with van der Waals surface area (Å²) in [5.74, 6) is 0.362. The van der Waals surface area contributed by atoms with Gasteiger partial charge >= 0.3 is 12.0 Å². The van der Waals surface area contributed by atoms with Crippen molar-refractivity contribution in [3.63, 3.8) is 0 Å². The fourth-order valence-corrected chi connectivity index (χ4v) is 3.06. The van der Waals surface area contributed by atoms with E-state index in [4.69, 9.17) is 4.74 Å². The van der Waals surface area contributed by atoms with Gasteiger partial charge < -0.3 is 14.7 Å². The second-order valence-corrected chi connectivity index (χ2v) is 5.53. The summed E-state index contributed by atoms with van der Waals surface area (Å²) < 4.78 is 4.96. The Balaban J connectivity index is 1.79. The molecule has 0 saturated carbocycles. The summed E-state index contributed by atoms with van der Waals surface area (Å²) in [7, 11) is 1.47. The highest BCUT2D eigenvalue weighted by molar-refractivity contribution is 5.88. The van der Waals surface area contributed by atoms with Gasteiger partial charge in [-0.2, -0.15) is 4.98 Å². The number of hydrogen-bond acceptors (Lipinski definition) is 5. The Bertz CT molecular complexity index is 722. The summed E-state index contributed by atoms with van der Waals surface area (Å²) >= 11 is 0. The fraction of sp³-hybridized carbons (Fsp3) is 0.353. The van der Waals surface area contributed by atoms with E-state index in [2.05, 4.69) is 21.4 Å². The summed E-state index contributed by atoms with van der Waals surface area (Å²) in [5, 5.41) is 12.1. The maximum atomic E-state index is 12.7. The van der Waals surface area contributed by atoms with Crippen molar-refractivity contribution in [2.75, 3.05) is 25.6 Å². The van der Waals surface area contributed by atoms with Gasteiger partial charge in [0, 0.05) is 12.7 Å². The van der Waals surface area contributed by atoms with Gasteiger partial charge in [0.15, 0.2) is 0 Å². The lowest BCUT2D eigenvalue weighted by molar-refractivity contribution is 0.162. The van der Waals surface area contributed by atoms with Gasteiger partial charge in [0.25, 0.3) is 0 Å². The molecule has 0 radical (unpaired) electrons. The standard InChI is InChI=1S/C17H20N4O3/c1-24-16-18-9-8-15(19-16)20-17(23)21(10-11-22)14-7-6-12-4-2-3-5-13(12)14/h2-5,8-9,14,22H,6-7,10-11H2,1H3,(H,18,19,20,23)/t14-/m0/s1. The molecule has 24 heavy (non-hydrogen) atoms. The van der Waals surface area contributed by atoms with Gasteiger partial charge in [-0.05, 0) is 30.0 Å². The predicted octanol–water partition coefficient (Wildman–Crippen LogP) is 2.00. The van der Waals surface area contributed by atoms with Gasteiger partial charge in [0.05, 0.1) is 19.8 Å². The van der Waals surface area contributed by atoms with E-state index in [1.54, 1.807) is 11.0 Å². The number of aromatic nitrogens is 2. The van der Waals surface area contributed by atoms with E-state index in [1.165, 1.54) is 18.9 Å². The van der Waals surface area contributed by atoms with Crippen molar-refractivity contribution in [1.29, 1.82) is 0 Å². The Kier molecular flexibility index (Phi) is 4.90. The number of anilines is 1. The summed E-state index contributed by atoms with van der Waals surface area (Å²) in [4.78, 5) is 22.4. The number of carbonyl (C=O) groups excluding carboxylic acids is 1. The van der Waals surface area contributed by atoms with Crippen molar-refractivity contribution < 1.29 is 14.6 Å². The maximum Gasteiger partial charge on any atom is 0.323 e. The van der Waals surface area contributed by atoms with Crippen LogP contribution >= 0.6 is 0 Å². The number of hydrogen-bond donors (Lipinski definition) is 2. The van der Waals surface area contributed by atoms with Gasteiger partial charge in [-0.25, -0.2) is 9.78 Å². The molecule has 0 spiro atoms. The molecular weight excluding hydrogens is 308 g/mol. The molecule has 0 aliphatic heterocycles. The average molecular weight is 328 g/mol. The van der Waals surface area contributed by atoms with Crippen LogP contribution in [-0.4, -0.2) is 46.3 Å². The molecule has 7 heteroatoms. The predicted molar refractivity (Wildman–Crippen MR) is 88.9 cm³/mol. The number of aryl methyl sites for hydroxylation is 1. The second-order valence-electron chi connectivity index (χ2n) is 5.53. The summed E-state index contributed by atoms with van der Waals surface area (Å²) in [6.45, 7) is 0.159. The molecule has 0 unspecified atom stereocenters. The largest absolute Gasteiger partial charge is 0.467 e. The Morgan fingerprint density at radius 2 is 2.25 bits per heavy atom. The van der Waals surface area contributed by atoms with Crippen LogP contribution in [0.2, 0.25) is 0 Å². The zero-order valence-electron chi connectivity index (χ0n) is 13.5. The van der Waals surface area contributed by atoms with E-state index < -0.39 is 0 Å². The molecule has 1 aliphatic carbocycles. The molecule has 0 fully saturated rings. The molecule has 7 nitrogen and oxygen atoms in total. The monoisotopic (exact) mass is 328 g/mol. The highest BCUT2D eigenvalue weighted by Crippen LogP contribution is 2.35. The molecule has 1 atom stereocenters. The first-order valence-corrected chi connectivity index (χ1v) is 7.86. The lowest BCUT2D eigenvalue weighted by Gasteiger charge is -2.29. The van der Waals surface area contributed by atoms with Gasteiger partial charge in [-0.3, -0.25) is 5.32 Å². The molecule has 126 valence electrons. The SMILES string of the molecule is COc1nccc(NC(=O)N(CCO)[C@H]2CCc3ccccc32)n1. The Morgan fingerprint density at radius 3 is 3.04 bits per heavy atom. The van der Waals surface area contributed by atoms with Crippen LogP contribution in [0.5, 0.6) is 6.01 Å². The topological polar surface area (TPSA) is 87.6 Å². The van der Waals surface area contributed by atoms with Crippen LogP contribution in [0, 0.1) is 0 Å². The minimum Gasteiger partial charge on any atom is -0.467 e. The summed E-state index contributed by atoms with van der Waals surface area (Å²) in [5.41, 5.74) is 2.39. The minimum absolute atomic E-state index is 0.0444. The minimum atomic E-state index is -0.300. The molecule has 1 aromatic heterocycles. The van der Waals surface area contributed by atoms with E-state index in [9.17, 15) is 9.90 Å². The van der Waals surface area contributed by atoms with Crippen molar-refractivity contribution in [3.05, 3.63) is 47.7 Å². The smallest absolute Gasteiger partial charge is 0.323 e. The van der Waals surface area contributed by atoms with Crippen LogP contribution in [0.4, 0.5) is 10.6 Å². The van der Waals surface area contributed by atoms with Gasteiger partial charge in [0.1, 0.15) is 5.82 Å². The molecule has 3 rings (SSSR count). The summed E-state index contributed by atoms with van der Waals surface area (Å²) in [6.07, 6.45) is 3.29. The van der Waals surface area contributed by atoms with E-state index in [1.807, 2.05) is 18.2 Å². The van der Waals surface area contributed by atoms with Crippen LogP contribution in [-0.2, 0) is 6.42 Å². The molecule has 1 heterocycles. The maximum absolute atomic E-state index is 12.7. The normalized spacial score (nSPS) is 15.7. The van der Waals surface area contributed by atoms with Crippen molar-refractivity contribution >= 4 is 11.8 Å². The lowest BCUT2D eigenvalue weighted by Crippen LogP contribution is -2.39. The van der Waals surface area contributed by atoms with Crippen molar-refractivity contribution in [3.8, 4) is 6.01 Å². The van der Waals surface area contributed by atoms with Crippen molar-refractivity contribution in [1.82, 2.24) is 14.9 Å². The van der Waals surface area contributed by atoms with Crippen LogP contribution in [0.3, 0.4) is 0 Å². The van der Waals surface area contributed by atoms with Crippen LogP contribution in [0.1, 0.15) is 23.6 Å². The number of rotatable bonds is 5. The number of fused-ring (bicyclic) bond motifs is 1. The third-order valence-electron chi connectivity index (χ3n) is 4.13. The molecule has 1 aliphatic rings. The van der Waals surface area contributed by atoms with E-state index >= 15 is 0 Å². The van der Waals surface area contributed by atoms with Gasteiger partial charge in [-0.15, -0.1) is 0 Å². The van der Waals surface area contributed by atoms with Gasteiger partial charge in [0.2, 0.25) is 0 Å². The fourth-order valence-electron chi connectivity index (χ4n) is 3.06. The summed E-state index contributed by atoms with van der Waals surface area (Å²) in [6, 6.07) is 9.54. The number of aliphatic hydroxyl groups excluding tert-OH is 1. The molecule has 2 N–H and O–H groups in total.